The van der Waals surface area contributed by atoms with Gasteiger partial charge in [-0.25, -0.2) is 0 Å². The van der Waals surface area contributed by atoms with Gasteiger partial charge in [0.2, 0.25) is 17.8 Å². The van der Waals surface area contributed by atoms with Crippen molar-refractivity contribution in [3.05, 3.63) is 0 Å². The van der Waals surface area contributed by atoms with Crippen LogP contribution in [-0.4, -0.2) is 34.0 Å². The van der Waals surface area contributed by atoms with Crippen LogP contribution in [0.15, 0.2) is 4.99 Å². The second kappa shape index (κ2) is 12.3. The number of unbranched alkanes of at least 4 members (excludes halogenated alkanes) is 6. The van der Waals surface area contributed by atoms with E-state index in [1.54, 1.807) is 0 Å². The monoisotopic (exact) mass is 336 g/mol. The predicted molar refractivity (Wildman–Crippen MR) is 101 cm³/mol. The summed E-state index contributed by atoms with van der Waals surface area (Å²) >= 11 is 0. The Kier molecular flexibility index (Phi) is 10.2. The van der Waals surface area contributed by atoms with Crippen LogP contribution in [0.5, 0.6) is 0 Å². The van der Waals surface area contributed by atoms with Crippen LogP contribution in [0.4, 0.5) is 17.8 Å². The molecule has 0 aromatic carbocycles. The van der Waals surface area contributed by atoms with E-state index in [1.165, 1.54) is 32.1 Å². The Morgan fingerprint density at radius 2 is 1.58 bits per heavy atom. The number of aliphatic imine (C=N–C) groups is 1. The number of hydrogen-bond acceptors (Lipinski definition) is 6. The highest BCUT2D eigenvalue weighted by atomic mass is 15.3. The molecule has 1 aromatic rings. The first kappa shape index (κ1) is 19.9. The number of nitrogens with one attached hydrogen (secondary N) is 2. The largest absolute Gasteiger partial charge is 0.370 e. The van der Waals surface area contributed by atoms with Crippen molar-refractivity contribution in [2.75, 3.05) is 29.5 Å². The summed E-state index contributed by atoms with van der Waals surface area (Å²) in [5, 5.41) is 6.03. The van der Waals surface area contributed by atoms with E-state index >= 15 is 0 Å². The van der Waals surface area contributed by atoms with Gasteiger partial charge in [-0.3, -0.25) is 10.3 Å². The molecule has 0 atom stereocenters. The Morgan fingerprint density at radius 3 is 2.29 bits per heavy atom. The highest BCUT2D eigenvalue weighted by Gasteiger charge is 2.05. The molecule has 24 heavy (non-hydrogen) atoms. The average Bonchev–Trinajstić information content (AvgIpc) is 2.54. The van der Waals surface area contributed by atoms with E-state index in [1.807, 2.05) is 0 Å². The molecule has 0 unspecified atom stereocenters. The van der Waals surface area contributed by atoms with Crippen LogP contribution in [0.2, 0.25) is 0 Å². The van der Waals surface area contributed by atoms with E-state index in [-0.39, 0.29) is 5.95 Å². The lowest BCUT2D eigenvalue weighted by atomic mass is 10.2. The molecule has 0 saturated heterocycles. The quantitative estimate of drug-likeness (QED) is 0.262. The lowest BCUT2D eigenvalue weighted by Gasteiger charge is -2.08. The molecule has 0 aliphatic rings. The topological polar surface area (TPSA) is 127 Å². The molecule has 0 amide bonds. The third kappa shape index (κ3) is 9.12. The second-order valence-electron chi connectivity index (χ2n) is 5.78. The fourth-order valence-electron chi connectivity index (χ4n) is 2.17. The van der Waals surface area contributed by atoms with E-state index in [2.05, 4.69) is 44.4 Å². The first-order chi connectivity index (χ1) is 11.7. The fourth-order valence-corrected chi connectivity index (χ4v) is 2.17. The standard InChI is InChI=1S/C16H32N8/c1-3-5-7-9-11-19-13(17)21-16-23-14(18)22-15(24-16)20-12-10-8-6-4-2/h3-12H2,1-2H3,(H6,17,18,19,20,21,22,23,24). The summed E-state index contributed by atoms with van der Waals surface area (Å²) in [5.74, 6) is 1.22. The third-order valence-corrected chi connectivity index (χ3v) is 3.50. The Labute approximate surface area is 145 Å². The van der Waals surface area contributed by atoms with Gasteiger partial charge < -0.3 is 16.8 Å². The highest BCUT2D eigenvalue weighted by molar-refractivity contribution is 5.90. The number of nitrogens with zero attached hydrogens (tertiary/aromatic N) is 4. The van der Waals surface area contributed by atoms with Crippen molar-refractivity contribution in [2.45, 2.75) is 65.2 Å². The molecule has 0 saturated carbocycles. The summed E-state index contributed by atoms with van der Waals surface area (Å²) in [6, 6.07) is 0. The zero-order valence-electron chi connectivity index (χ0n) is 15.0. The van der Waals surface area contributed by atoms with Gasteiger partial charge in [0.05, 0.1) is 0 Å². The number of anilines is 3. The average molecular weight is 336 g/mol. The van der Waals surface area contributed by atoms with Gasteiger partial charge in [0.1, 0.15) is 0 Å². The molecule has 0 bridgehead atoms. The maximum atomic E-state index is 5.85. The molecule has 0 radical (unpaired) electrons. The van der Waals surface area contributed by atoms with Gasteiger partial charge >= 0.3 is 0 Å². The fraction of sp³-hybridized carbons (Fsp3) is 0.750. The summed E-state index contributed by atoms with van der Waals surface area (Å²) in [6.07, 6.45) is 9.33. The number of nitrogens with two attached hydrogens (primary N) is 2. The SMILES string of the molecule is CCCCCCN=C(N)Nc1nc(N)nc(NCCCCCC)n1. The molecule has 0 spiro atoms. The van der Waals surface area contributed by atoms with E-state index in [0.29, 0.717) is 24.4 Å². The summed E-state index contributed by atoms with van der Waals surface area (Å²) in [4.78, 5) is 16.6. The molecule has 0 aliphatic heterocycles. The molecule has 1 rings (SSSR count). The van der Waals surface area contributed by atoms with E-state index < -0.39 is 0 Å². The van der Waals surface area contributed by atoms with E-state index in [4.69, 9.17) is 11.5 Å². The lowest BCUT2D eigenvalue weighted by molar-refractivity contribution is 0.675. The first-order valence-electron chi connectivity index (χ1n) is 8.98. The number of guanidine groups is 1. The Hall–Kier alpha value is -2.12. The van der Waals surface area contributed by atoms with Gasteiger partial charge in [-0.1, -0.05) is 52.4 Å². The highest BCUT2D eigenvalue weighted by Crippen LogP contribution is 2.07. The zero-order valence-corrected chi connectivity index (χ0v) is 15.0. The molecule has 1 aromatic heterocycles. The molecule has 8 heteroatoms. The van der Waals surface area contributed by atoms with E-state index in [9.17, 15) is 0 Å². The van der Waals surface area contributed by atoms with Crippen molar-refractivity contribution in [2.24, 2.45) is 10.7 Å². The van der Waals surface area contributed by atoms with Gasteiger partial charge in [0, 0.05) is 13.1 Å². The molecular formula is C16H32N8. The zero-order chi connectivity index (χ0) is 17.6. The summed E-state index contributed by atoms with van der Waals surface area (Å²) in [6.45, 7) is 5.87. The number of rotatable bonds is 12. The maximum Gasteiger partial charge on any atom is 0.236 e. The molecule has 0 aliphatic carbocycles. The van der Waals surface area contributed by atoms with Crippen molar-refractivity contribution in [1.82, 2.24) is 15.0 Å². The first-order valence-corrected chi connectivity index (χ1v) is 8.98. The van der Waals surface area contributed by atoms with Crippen LogP contribution in [0.1, 0.15) is 65.2 Å². The van der Waals surface area contributed by atoms with Gasteiger partial charge in [0.15, 0.2) is 5.96 Å². The lowest BCUT2D eigenvalue weighted by Crippen LogP contribution is -2.25. The van der Waals surface area contributed by atoms with Crippen molar-refractivity contribution < 1.29 is 0 Å². The van der Waals surface area contributed by atoms with Gasteiger partial charge in [0.25, 0.3) is 0 Å². The van der Waals surface area contributed by atoms with Crippen LogP contribution in [0.3, 0.4) is 0 Å². The minimum atomic E-state index is 0.152. The minimum Gasteiger partial charge on any atom is -0.370 e. The predicted octanol–water partition coefficient (Wildman–Crippen LogP) is 2.75. The molecule has 0 fully saturated rings. The Morgan fingerprint density at radius 1 is 0.917 bits per heavy atom. The molecule has 136 valence electrons. The summed E-state index contributed by atoms with van der Waals surface area (Å²) < 4.78 is 0. The third-order valence-electron chi connectivity index (χ3n) is 3.50. The number of hydrogen-bond donors (Lipinski definition) is 4. The van der Waals surface area contributed by atoms with Crippen LogP contribution in [-0.2, 0) is 0 Å². The number of aromatic nitrogens is 3. The van der Waals surface area contributed by atoms with Crippen molar-refractivity contribution >= 4 is 23.8 Å². The van der Waals surface area contributed by atoms with Crippen LogP contribution < -0.4 is 22.1 Å². The van der Waals surface area contributed by atoms with Crippen LogP contribution >= 0.6 is 0 Å². The van der Waals surface area contributed by atoms with Crippen molar-refractivity contribution in [3.63, 3.8) is 0 Å². The van der Waals surface area contributed by atoms with Crippen molar-refractivity contribution in [1.29, 1.82) is 0 Å². The molecular weight excluding hydrogens is 304 g/mol. The van der Waals surface area contributed by atoms with Crippen LogP contribution in [0.25, 0.3) is 0 Å². The molecule has 6 N–H and O–H groups in total. The van der Waals surface area contributed by atoms with E-state index in [0.717, 1.165) is 25.8 Å². The molecule has 1 heterocycles. The smallest absolute Gasteiger partial charge is 0.236 e. The van der Waals surface area contributed by atoms with Gasteiger partial charge in [-0.05, 0) is 12.8 Å². The number of nitrogen functional groups attached to an aromatic ring is 1. The second-order valence-corrected chi connectivity index (χ2v) is 5.78. The van der Waals surface area contributed by atoms with Gasteiger partial charge in [-0.2, -0.15) is 15.0 Å². The summed E-state index contributed by atoms with van der Waals surface area (Å²) in [5.41, 5.74) is 11.6. The Balaban J connectivity index is 2.45. The van der Waals surface area contributed by atoms with Crippen molar-refractivity contribution in [3.8, 4) is 0 Å². The van der Waals surface area contributed by atoms with Gasteiger partial charge in [-0.15, -0.1) is 0 Å². The van der Waals surface area contributed by atoms with Crippen LogP contribution in [0, 0.1) is 0 Å². The normalized spacial score (nSPS) is 11.5. The summed E-state index contributed by atoms with van der Waals surface area (Å²) in [7, 11) is 0. The minimum absolute atomic E-state index is 0.152. The maximum absolute atomic E-state index is 5.85. The molecule has 8 nitrogen and oxygen atoms in total. The Bertz CT molecular complexity index is 489.